The number of aryl methyl sites for hydroxylation is 1. The van der Waals surface area contributed by atoms with Crippen LogP contribution >= 0.6 is 0 Å². The normalized spacial score (nSPS) is 24.1. The van der Waals surface area contributed by atoms with E-state index in [2.05, 4.69) is 31.2 Å². The smallest absolute Gasteiger partial charge is 0.338 e. The summed E-state index contributed by atoms with van der Waals surface area (Å²) in [6.07, 6.45) is -1.08. The van der Waals surface area contributed by atoms with Crippen molar-refractivity contribution >= 4 is 5.97 Å². The third kappa shape index (κ3) is 6.09. The van der Waals surface area contributed by atoms with E-state index < -0.39 is 24.5 Å². The number of alkyl halides is 1. The van der Waals surface area contributed by atoms with Crippen molar-refractivity contribution in [2.75, 3.05) is 6.61 Å². The fraction of sp³-hybridized carbons (Fsp3) is 0.367. The summed E-state index contributed by atoms with van der Waals surface area (Å²) < 4.78 is 32.9. The highest BCUT2D eigenvalue weighted by Crippen LogP contribution is 2.35. The molecule has 0 N–H and O–H groups in total. The van der Waals surface area contributed by atoms with Crippen LogP contribution in [-0.2, 0) is 22.3 Å². The van der Waals surface area contributed by atoms with Crippen LogP contribution in [0, 0.1) is 11.8 Å². The van der Waals surface area contributed by atoms with Gasteiger partial charge in [-0.2, -0.15) is 0 Å². The summed E-state index contributed by atoms with van der Waals surface area (Å²) in [5, 5.41) is 0. The molecule has 5 unspecified atom stereocenters. The van der Waals surface area contributed by atoms with Crippen molar-refractivity contribution in [1.29, 1.82) is 0 Å². The lowest BCUT2D eigenvalue weighted by atomic mass is 9.85. The van der Waals surface area contributed by atoms with E-state index in [9.17, 15) is 4.79 Å². The Balaban J connectivity index is 1.44. The zero-order chi connectivity index (χ0) is 24.8. The standard InChI is InChI=1S/C30H33FO4/c1-4-22-14-16-23(17-15-22)18-25-12-8-9-13-26(25)34-30-21(3)20(2)28(31)27(35-30)19-33-29(32)24-10-6-5-7-11-24/h5-17,20-21,27-28,30H,4,18-19H2,1-3H3. The van der Waals surface area contributed by atoms with Crippen LogP contribution in [0.3, 0.4) is 0 Å². The van der Waals surface area contributed by atoms with E-state index in [0.717, 1.165) is 18.4 Å². The second kappa shape index (κ2) is 11.5. The number of para-hydroxylation sites is 1. The summed E-state index contributed by atoms with van der Waals surface area (Å²) in [5.74, 6) is -0.274. The number of hydrogen-bond donors (Lipinski definition) is 0. The van der Waals surface area contributed by atoms with E-state index >= 15 is 4.39 Å². The quantitative estimate of drug-likeness (QED) is 0.352. The third-order valence-electron chi connectivity index (χ3n) is 6.85. The lowest BCUT2D eigenvalue weighted by Gasteiger charge is -2.41. The lowest BCUT2D eigenvalue weighted by Crippen LogP contribution is -2.51. The number of carbonyl (C=O) groups is 1. The number of ether oxygens (including phenoxy) is 3. The van der Waals surface area contributed by atoms with Gasteiger partial charge in [-0.1, -0.05) is 81.4 Å². The Kier molecular flexibility index (Phi) is 8.19. The van der Waals surface area contributed by atoms with Gasteiger partial charge in [-0.25, -0.2) is 9.18 Å². The van der Waals surface area contributed by atoms with Crippen LogP contribution in [-0.4, -0.2) is 31.1 Å². The molecule has 0 spiro atoms. The van der Waals surface area contributed by atoms with Crippen LogP contribution in [0.1, 0.15) is 47.8 Å². The minimum absolute atomic E-state index is 0.169. The summed E-state index contributed by atoms with van der Waals surface area (Å²) >= 11 is 0. The van der Waals surface area contributed by atoms with Crippen molar-refractivity contribution in [3.05, 3.63) is 101 Å². The van der Waals surface area contributed by atoms with Crippen molar-refractivity contribution in [3.63, 3.8) is 0 Å². The van der Waals surface area contributed by atoms with Crippen molar-refractivity contribution in [1.82, 2.24) is 0 Å². The van der Waals surface area contributed by atoms with Gasteiger partial charge < -0.3 is 14.2 Å². The van der Waals surface area contributed by atoms with Crippen LogP contribution in [0.5, 0.6) is 5.75 Å². The highest BCUT2D eigenvalue weighted by Gasteiger charge is 2.43. The number of hydrogen-bond acceptors (Lipinski definition) is 4. The van der Waals surface area contributed by atoms with E-state index in [1.165, 1.54) is 11.1 Å². The van der Waals surface area contributed by atoms with Gasteiger partial charge in [0.25, 0.3) is 0 Å². The zero-order valence-corrected chi connectivity index (χ0v) is 20.5. The fourth-order valence-electron chi connectivity index (χ4n) is 4.33. The van der Waals surface area contributed by atoms with E-state index in [-0.39, 0.29) is 18.4 Å². The minimum Gasteiger partial charge on any atom is -0.464 e. The number of rotatable bonds is 8. The van der Waals surface area contributed by atoms with Gasteiger partial charge in [-0.3, -0.25) is 0 Å². The molecule has 0 aromatic heterocycles. The molecule has 0 saturated carbocycles. The zero-order valence-electron chi connectivity index (χ0n) is 20.5. The van der Waals surface area contributed by atoms with E-state index in [4.69, 9.17) is 14.2 Å². The minimum atomic E-state index is -1.26. The van der Waals surface area contributed by atoms with Crippen LogP contribution in [0.2, 0.25) is 0 Å². The number of halogens is 1. The molecule has 4 rings (SSSR count). The molecular formula is C30H33FO4. The van der Waals surface area contributed by atoms with Crippen LogP contribution < -0.4 is 4.74 Å². The van der Waals surface area contributed by atoms with Crippen molar-refractivity contribution in [2.24, 2.45) is 11.8 Å². The molecule has 3 aromatic rings. The molecule has 4 nitrogen and oxygen atoms in total. The molecule has 0 aliphatic carbocycles. The topological polar surface area (TPSA) is 44.8 Å². The van der Waals surface area contributed by atoms with Crippen molar-refractivity contribution < 1.29 is 23.4 Å². The molecule has 1 fully saturated rings. The SMILES string of the molecule is CCc1ccc(Cc2ccccc2OC2OC(COC(=O)c3ccccc3)C(F)C(C)C2C)cc1. The summed E-state index contributed by atoms with van der Waals surface area (Å²) in [6.45, 7) is 5.75. The first-order valence-electron chi connectivity index (χ1n) is 12.3. The largest absolute Gasteiger partial charge is 0.464 e. The summed E-state index contributed by atoms with van der Waals surface area (Å²) in [5.41, 5.74) is 3.96. The Hall–Kier alpha value is -3.18. The first-order valence-corrected chi connectivity index (χ1v) is 12.3. The molecule has 3 aromatic carbocycles. The second-order valence-corrected chi connectivity index (χ2v) is 9.24. The molecule has 35 heavy (non-hydrogen) atoms. The Morgan fingerprint density at radius 2 is 1.54 bits per heavy atom. The number of esters is 1. The summed E-state index contributed by atoms with van der Waals surface area (Å²) in [7, 11) is 0. The number of carbonyl (C=O) groups excluding carboxylic acids is 1. The van der Waals surface area contributed by atoms with Crippen molar-refractivity contribution in [2.45, 2.75) is 52.2 Å². The Bertz CT molecular complexity index is 1100. The number of benzene rings is 3. The molecule has 0 radical (unpaired) electrons. The van der Waals surface area contributed by atoms with Gasteiger partial charge in [0.05, 0.1) is 5.56 Å². The summed E-state index contributed by atoms with van der Waals surface area (Å²) in [6, 6.07) is 25.1. The molecule has 1 aliphatic heterocycles. The second-order valence-electron chi connectivity index (χ2n) is 9.24. The van der Waals surface area contributed by atoms with Gasteiger partial charge in [-0.05, 0) is 47.2 Å². The Morgan fingerprint density at radius 1 is 0.886 bits per heavy atom. The van der Waals surface area contributed by atoms with E-state index in [1.807, 2.05) is 44.2 Å². The maximum Gasteiger partial charge on any atom is 0.338 e. The van der Waals surface area contributed by atoms with Gasteiger partial charge in [0.2, 0.25) is 6.29 Å². The molecule has 184 valence electrons. The van der Waals surface area contributed by atoms with Crippen molar-refractivity contribution in [3.8, 4) is 5.75 Å². The molecule has 5 atom stereocenters. The summed E-state index contributed by atoms with van der Waals surface area (Å²) in [4.78, 5) is 12.3. The molecule has 0 amide bonds. The molecular weight excluding hydrogens is 443 g/mol. The molecule has 5 heteroatoms. The van der Waals surface area contributed by atoms with E-state index in [1.54, 1.807) is 24.3 Å². The first-order chi connectivity index (χ1) is 17.0. The Morgan fingerprint density at radius 3 is 2.26 bits per heavy atom. The average Bonchev–Trinajstić information content (AvgIpc) is 2.90. The average molecular weight is 477 g/mol. The maximum atomic E-state index is 15.1. The van der Waals surface area contributed by atoms with Gasteiger partial charge in [-0.15, -0.1) is 0 Å². The van der Waals surface area contributed by atoms with Gasteiger partial charge in [0.1, 0.15) is 24.6 Å². The van der Waals surface area contributed by atoms with Crippen LogP contribution in [0.4, 0.5) is 4.39 Å². The van der Waals surface area contributed by atoms with Crippen LogP contribution in [0.15, 0.2) is 78.9 Å². The first kappa shape index (κ1) is 24.9. The highest BCUT2D eigenvalue weighted by molar-refractivity contribution is 5.89. The van der Waals surface area contributed by atoms with Crippen LogP contribution in [0.25, 0.3) is 0 Å². The lowest BCUT2D eigenvalue weighted by molar-refractivity contribution is -0.225. The molecule has 1 aliphatic rings. The van der Waals surface area contributed by atoms with Gasteiger partial charge >= 0.3 is 5.97 Å². The van der Waals surface area contributed by atoms with Gasteiger partial charge in [0, 0.05) is 12.3 Å². The molecule has 0 bridgehead atoms. The highest BCUT2D eigenvalue weighted by atomic mass is 19.1. The Labute approximate surface area is 207 Å². The maximum absolute atomic E-state index is 15.1. The van der Waals surface area contributed by atoms with Gasteiger partial charge in [0.15, 0.2) is 0 Å². The monoisotopic (exact) mass is 476 g/mol. The van der Waals surface area contributed by atoms with E-state index in [0.29, 0.717) is 11.3 Å². The molecule has 1 saturated heterocycles. The predicted molar refractivity (Wildman–Crippen MR) is 134 cm³/mol. The third-order valence-corrected chi connectivity index (χ3v) is 6.85. The fourth-order valence-corrected chi connectivity index (χ4v) is 4.33. The predicted octanol–water partition coefficient (Wildman–Crippen LogP) is 6.41. The molecule has 1 heterocycles.